The highest BCUT2D eigenvalue weighted by atomic mass is 32.2. The number of primary amides is 1. The van der Waals surface area contributed by atoms with E-state index in [2.05, 4.69) is 12.1 Å². The lowest BCUT2D eigenvalue weighted by molar-refractivity contribution is -0.117. The molecule has 172 valence electrons. The summed E-state index contributed by atoms with van der Waals surface area (Å²) >= 11 is -2.43. The summed E-state index contributed by atoms with van der Waals surface area (Å²) in [6.45, 7) is 0. The fraction of sp³-hybridized carbons (Fsp3) is 0.0385. The summed E-state index contributed by atoms with van der Waals surface area (Å²) in [7, 11) is 0. The standard InChI is InChI=1S/C26H18N4O4S/c27-15-18-1-4-20-14-24(9-5-19(20)11-18)34-25-10-8-23(13-21(25)16-28)30(35(32)33)22-6-2-17(3-7-22)12-26(29)31/h1-11,13-14H,12H2,(H2,29,31)(H,32,33). The number of amides is 1. The van der Waals surface area contributed by atoms with E-state index in [1.54, 1.807) is 60.7 Å². The van der Waals surface area contributed by atoms with E-state index in [1.807, 2.05) is 12.1 Å². The van der Waals surface area contributed by atoms with Gasteiger partial charge in [-0.2, -0.15) is 10.5 Å². The average molecular weight is 483 g/mol. The van der Waals surface area contributed by atoms with E-state index in [9.17, 15) is 18.8 Å². The van der Waals surface area contributed by atoms with Crippen molar-refractivity contribution >= 4 is 39.3 Å². The van der Waals surface area contributed by atoms with Crippen molar-refractivity contribution in [2.75, 3.05) is 4.31 Å². The molecule has 0 radical (unpaired) electrons. The van der Waals surface area contributed by atoms with Crippen LogP contribution in [0.5, 0.6) is 11.5 Å². The second-order valence-electron chi connectivity index (χ2n) is 7.56. The van der Waals surface area contributed by atoms with Gasteiger partial charge in [0.1, 0.15) is 17.6 Å². The number of rotatable bonds is 7. The van der Waals surface area contributed by atoms with E-state index in [-0.39, 0.29) is 17.7 Å². The van der Waals surface area contributed by atoms with Crippen LogP contribution in [-0.4, -0.2) is 14.7 Å². The van der Waals surface area contributed by atoms with Gasteiger partial charge < -0.3 is 10.5 Å². The van der Waals surface area contributed by atoms with Crippen LogP contribution in [0.3, 0.4) is 0 Å². The number of hydrogen-bond donors (Lipinski definition) is 2. The van der Waals surface area contributed by atoms with Gasteiger partial charge in [-0.3, -0.25) is 9.35 Å². The molecule has 4 aromatic carbocycles. The van der Waals surface area contributed by atoms with Gasteiger partial charge in [0.05, 0.1) is 35.0 Å². The highest BCUT2D eigenvalue weighted by Gasteiger charge is 2.18. The van der Waals surface area contributed by atoms with E-state index in [0.29, 0.717) is 28.3 Å². The van der Waals surface area contributed by atoms with Gasteiger partial charge in [0, 0.05) is 0 Å². The first-order valence-corrected chi connectivity index (χ1v) is 11.4. The van der Waals surface area contributed by atoms with Gasteiger partial charge in [-0.1, -0.05) is 24.3 Å². The number of ether oxygens (including phenoxy) is 1. The normalized spacial score (nSPS) is 11.3. The van der Waals surface area contributed by atoms with Crippen LogP contribution in [0.15, 0.2) is 78.9 Å². The summed E-state index contributed by atoms with van der Waals surface area (Å²) in [6.07, 6.45) is 0.0569. The molecule has 3 N–H and O–H groups in total. The maximum absolute atomic E-state index is 12.1. The number of benzene rings is 4. The highest BCUT2D eigenvalue weighted by molar-refractivity contribution is 7.81. The van der Waals surface area contributed by atoms with Crippen LogP contribution < -0.4 is 14.8 Å². The van der Waals surface area contributed by atoms with Crippen LogP contribution in [-0.2, 0) is 22.5 Å². The molecule has 0 aromatic heterocycles. The molecule has 0 aliphatic rings. The minimum absolute atomic E-state index is 0.0569. The number of nitriles is 2. The monoisotopic (exact) mass is 482 g/mol. The molecular weight excluding hydrogens is 464 g/mol. The zero-order valence-corrected chi connectivity index (χ0v) is 19.0. The lowest BCUT2D eigenvalue weighted by atomic mass is 10.1. The molecule has 4 aromatic rings. The van der Waals surface area contributed by atoms with Gasteiger partial charge in [-0.25, -0.2) is 8.51 Å². The van der Waals surface area contributed by atoms with Crippen molar-refractivity contribution in [2.24, 2.45) is 5.73 Å². The van der Waals surface area contributed by atoms with Crippen LogP contribution >= 0.6 is 0 Å². The first-order valence-electron chi connectivity index (χ1n) is 10.3. The molecule has 1 atom stereocenters. The predicted molar refractivity (Wildman–Crippen MR) is 132 cm³/mol. The van der Waals surface area contributed by atoms with Gasteiger partial charge in [0.15, 0.2) is 0 Å². The molecule has 0 bridgehead atoms. The van der Waals surface area contributed by atoms with Crippen LogP contribution in [0.2, 0.25) is 0 Å². The summed E-state index contributed by atoms with van der Waals surface area (Å²) in [5.74, 6) is 0.303. The third-order valence-corrected chi connectivity index (χ3v) is 5.93. The van der Waals surface area contributed by atoms with Crippen molar-refractivity contribution in [3.63, 3.8) is 0 Å². The quantitative estimate of drug-likeness (QED) is 0.367. The molecule has 0 saturated carbocycles. The maximum atomic E-state index is 12.1. The Bertz CT molecular complexity index is 1540. The second-order valence-corrected chi connectivity index (χ2v) is 8.39. The molecular formula is C26H18N4O4S. The Balaban J connectivity index is 1.63. The third-order valence-electron chi connectivity index (χ3n) is 5.19. The smallest absolute Gasteiger partial charge is 0.266 e. The Morgan fingerprint density at radius 2 is 1.60 bits per heavy atom. The van der Waals surface area contributed by atoms with E-state index in [1.165, 1.54) is 6.07 Å². The summed E-state index contributed by atoms with van der Waals surface area (Å²) < 4.78 is 29.1. The van der Waals surface area contributed by atoms with Crippen molar-refractivity contribution in [1.29, 1.82) is 10.5 Å². The maximum Gasteiger partial charge on any atom is 0.266 e. The molecule has 0 spiro atoms. The fourth-order valence-electron chi connectivity index (χ4n) is 3.58. The van der Waals surface area contributed by atoms with E-state index in [4.69, 9.17) is 15.7 Å². The van der Waals surface area contributed by atoms with Gasteiger partial charge in [0.25, 0.3) is 11.3 Å². The SMILES string of the molecule is N#Cc1ccc2cc(Oc3ccc(N(c4ccc(CC(N)=O)cc4)S(=O)O)cc3C#N)ccc2c1. The molecule has 1 amide bonds. The molecule has 8 nitrogen and oxygen atoms in total. The molecule has 9 heteroatoms. The molecule has 0 fully saturated rings. The highest BCUT2D eigenvalue weighted by Crippen LogP contribution is 2.34. The number of anilines is 2. The lowest BCUT2D eigenvalue weighted by Gasteiger charge is -2.21. The van der Waals surface area contributed by atoms with Gasteiger partial charge in [-0.05, 0) is 70.9 Å². The Kier molecular flexibility index (Phi) is 6.74. The summed E-state index contributed by atoms with van der Waals surface area (Å²) in [6, 6.07) is 25.9. The molecule has 0 aliphatic carbocycles. The number of nitrogens with two attached hydrogens (primary N) is 1. The lowest BCUT2D eigenvalue weighted by Crippen LogP contribution is -2.19. The predicted octanol–water partition coefficient (Wildman–Crippen LogP) is 4.68. The Morgan fingerprint density at radius 1 is 0.914 bits per heavy atom. The Labute approximate surface area is 203 Å². The first-order chi connectivity index (χ1) is 16.9. The van der Waals surface area contributed by atoms with Crippen molar-refractivity contribution in [3.8, 4) is 23.6 Å². The van der Waals surface area contributed by atoms with Crippen molar-refractivity contribution in [3.05, 3.63) is 95.6 Å². The fourth-order valence-corrected chi connectivity index (χ4v) is 4.18. The number of fused-ring (bicyclic) bond motifs is 1. The molecule has 0 heterocycles. The molecule has 35 heavy (non-hydrogen) atoms. The Morgan fingerprint density at radius 3 is 2.26 bits per heavy atom. The molecule has 1 unspecified atom stereocenters. The third kappa shape index (κ3) is 5.28. The minimum Gasteiger partial charge on any atom is -0.456 e. The van der Waals surface area contributed by atoms with E-state index in [0.717, 1.165) is 15.1 Å². The Hall–Kier alpha value is -4.70. The van der Waals surface area contributed by atoms with Crippen LogP contribution in [0.1, 0.15) is 16.7 Å². The van der Waals surface area contributed by atoms with E-state index < -0.39 is 17.2 Å². The molecule has 4 rings (SSSR count). The second kappa shape index (κ2) is 10.1. The van der Waals surface area contributed by atoms with E-state index >= 15 is 0 Å². The van der Waals surface area contributed by atoms with Gasteiger partial charge >= 0.3 is 0 Å². The first kappa shape index (κ1) is 23.5. The van der Waals surface area contributed by atoms with Gasteiger partial charge in [0.2, 0.25) is 5.91 Å². The average Bonchev–Trinajstić information content (AvgIpc) is 2.85. The van der Waals surface area contributed by atoms with Crippen LogP contribution in [0.25, 0.3) is 10.8 Å². The summed E-state index contributed by atoms with van der Waals surface area (Å²) in [5.41, 5.74) is 7.31. The van der Waals surface area contributed by atoms with Crippen molar-refractivity contribution < 1.29 is 18.3 Å². The summed E-state index contributed by atoms with van der Waals surface area (Å²) in [4.78, 5) is 11.1. The zero-order chi connectivity index (χ0) is 24.9. The summed E-state index contributed by atoms with van der Waals surface area (Å²) in [5, 5.41) is 20.5. The largest absolute Gasteiger partial charge is 0.456 e. The number of nitrogens with zero attached hydrogens (tertiary/aromatic N) is 3. The minimum atomic E-state index is -2.43. The van der Waals surface area contributed by atoms with Crippen LogP contribution in [0.4, 0.5) is 11.4 Å². The van der Waals surface area contributed by atoms with Crippen molar-refractivity contribution in [1.82, 2.24) is 0 Å². The zero-order valence-electron chi connectivity index (χ0n) is 18.2. The molecule has 0 saturated heterocycles. The van der Waals surface area contributed by atoms with Gasteiger partial charge in [-0.15, -0.1) is 0 Å². The van der Waals surface area contributed by atoms with Crippen molar-refractivity contribution in [2.45, 2.75) is 6.42 Å². The number of carbonyl (C=O) groups is 1. The topological polar surface area (TPSA) is 140 Å². The number of hydrogen-bond acceptors (Lipinski definition) is 5. The van der Waals surface area contributed by atoms with Crippen LogP contribution in [0, 0.1) is 22.7 Å². The number of carbonyl (C=O) groups excluding carboxylic acids is 1. The molecule has 0 aliphatic heterocycles.